The van der Waals surface area contributed by atoms with E-state index in [1.54, 1.807) is 54.6 Å². The van der Waals surface area contributed by atoms with Crippen LogP contribution in [0.2, 0.25) is 0 Å². The van der Waals surface area contributed by atoms with Crippen LogP contribution in [-0.2, 0) is 9.59 Å². The van der Waals surface area contributed by atoms with Crippen LogP contribution in [-0.4, -0.2) is 29.3 Å². The molecular weight excluding hydrogens is 475 g/mol. The van der Waals surface area contributed by atoms with E-state index < -0.39 is 35.6 Å². The van der Waals surface area contributed by atoms with Crippen molar-refractivity contribution in [2.75, 3.05) is 4.90 Å². The van der Waals surface area contributed by atoms with Gasteiger partial charge in [-0.2, -0.15) is 0 Å². The number of anilines is 1. The summed E-state index contributed by atoms with van der Waals surface area (Å²) >= 11 is 0. The van der Waals surface area contributed by atoms with E-state index in [-0.39, 0.29) is 22.9 Å². The summed E-state index contributed by atoms with van der Waals surface area (Å²) in [6, 6.07) is 18.7. The van der Waals surface area contributed by atoms with Gasteiger partial charge in [0.1, 0.15) is 17.3 Å². The van der Waals surface area contributed by atoms with Gasteiger partial charge in [0.2, 0.25) is 0 Å². The maximum atomic E-state index is 13.2. The number of alkyl halides is 3. The normalized spacial score (nSPS) is 17.5. The third kappa shape index (κ3) is 5.19. The molecule has 1 atom stereocenters. The van der Waals surface area contributed by atoms with Crippen LogP contribution < -0.4 is 14.4 Å². The van der Waals surface area contributed by atoms with Crippen LogP contribution in [0, 0.1) is 0 Å². The van der Waals surface area contributed by atoms with Crippen molar-refractivity contribution in [3.63, 3.8) is 0 Å². The Morgan fingerprint density at radius 2 is 1.58 bits per heavy atom. The molecule has 0 bridgehead atoms. The second-order valence-electron chi connectivity index (χ2n) is 8.32. The Morgan fingerprint density at radius 3 is 2.19 bits per heavy atom. The first-order valence-corrected chi connectivity index (χ1v) is 11.0. The number of nitrogens with zero attached hydrogens (tertiary/aromatic N) is 1. The van der Waals surface area contributed by atoms with Crippen LogP contribution in [0.4, 0.5) is 18.9 Å². The lowest BCUT2D eigenvalue weighted by atomic mass is 9.95. The molecule has 3 aromatic carbocycles. The van der Waals surface area contributed by atoms with Crippen molar-refractivity contribution in [2.24, 2.45) is 0 Å². The SMILES string of the molecule is CC(C)Oc1cccc(/C(O)=C2/C(=O)C(=O)N(c3ccc(OC(F)(F)F)cc3)C2c2ccccc2)c1. The van der Waals surface area contributed by atoms with Crippen LogP contribution >= 0.6 is 0 Å². The van der Waals surface area contributed by atoms with E-state index in [4.69, 9.17) is 4.74 Å². The molecule has 1 amide bonds. The molecule has 1 aliphatic heterocycles. The first-order chi connectivity index (χ1) is 17.0. The van der Waals surface area contributed by atoms with Crippen molar-refractivity contribution >= 4 is 23.1 Å². The lowest BCUT2D eigenvalue weighted by molar-refractivity contribution is -0.274. The van der Waals surface area contributed by atoms with E-state index in [1.807, 2.05) is 13.8 Å². The number of ether oxygens (including phenoxy) is 2. The first-order valence-electron chi connectivity index (χ1n) is 11.0. The lowest BCUT2D eigenvalue weighted by Gasteiger charge is -2.25. The molecule has 9 heteroatoms. The highest BCUT2D eigenvalue weighted by Crippen LogP contribution is 2.42. The lowest BCUT2D eigenvalue weighted by Crippen LogP contribution is -2.29. The highest BCUT2D eigenvalue weighted by molar-refractivity contribution is 6.51. The van der Waals surface area contributed by atoms with Crippen molar-refractivity contribution in [3.8, 4) is 11.5 Å². The molecule has 186 valence electrons. The van der Waals surface area contributed by atoms with E-state index in [1.165, 1.54) is 12.1 Å². The fourth-order valence-corrected chi connectivity index (χ4v) is 4.00. The summed E-state index contributed by atoms with van der Waals surface area (Å²) in [7, 11) is 0. The summed E-state index contributed by atoms with van der Waals surface area (Å²) in [5, 5.41) is 11.2. The number of Topliss-reactive ketones (excluding diaryl/α,β-unsaturated/α-hetero) is 1. The van der Waals surface area contributed by atoms with Gasteiger partial charge in [0.15, 0.2) is 0 Å². The van der Waals surface area contributed by atoms with Crippen molar-refractivity contribution in [1.29, 1.82) is 0 Å². The second kappa shape index (κ2) is 9.77. The Hall–Kier alpha value is -4.27. The van der Waals surface area contributed by atoms with Gasteiger partial charge in [0.05, 0.1) is 17.7 Å². The van der Waals surface area contributed by atoms with E-state index in [0.29, 0.717) is 11.3 Å². The fraction of sp³-hybridized carbons (Fsp3) is 0.185. The predicted molar refractivity (Wildman–Crippen MR) is 127 cm³/mol. The van der Waals surface area contributed by atoms with Gasteiger partial charge >= 0.3 is 6.36 Å². The van der Waals surface area contributed by atoms with Gasteiger partial charge in [0.25, 0.3) is 11.7 Å². The monoisotopic (exact) mass is 497 g/mol. The number of halogens is 3. The minimum absolute atomic E-state index is 0.124. The second-order valence-corrected chi connectivity index (χ2v) is 8.32. The average molecular weight is 497 g/mol. The van der Waals surface area contributed by atoms with Crippen LogP contribution in [0.1, 0.15) is 31.0 Å². The summed E-state index contributed by atoms with van der Waals surface area (Å²) in [4.78, 5) is 27.5. The van der Waals surface area contributed by atoms with Crippen LogP contribution in [0.25, 0.3) is 5.76 Å². The van der Waals surface area contributed by atoms with Crippen molar-refractivity contribution in [3.05, 3.63) is 95.6 Å². The smallest absolute Gasteiger partial charge is 0.507 e. The molecule has 1 aliphatic rings. The van der Waals surface area contributed by atoms with Gasteiger partial charge in [-0.05, 0) is 55.8 Å². The average Bonchev–Trinajstić information content (AvgIpc) is 3.09. The summed E-state index contributed by atoms with van der Waals surface area (Å²) in [6.45, 7) is 3.69. The van der Waals surface area contributed by atoms with E-state index >= 15 is 0 Å². The molecule has 0 aromatic heterocycles. The summed E-state index contributed by atoms with van der Waals surface area (Å²) in [5.41, 5.74) is 0.824. The molecule has 1 N–H and O–H groups in total. The Kier molecular flexibility index (Phi) is 6.74. The number of rotatable bonds is 6. The minimum Gasteiger partial charge on any atom is -0.507 e. The van der Waals surface area contributed by atoms with E-state index in [0.717, 1.165) is 17.0 Å². The summed E-state index contributed by atoms with van der Waals surface area (Å²) in [5.74, 6) is -2.24. The van der Waals surface area contributed by atoms with Gasteiger partial charge in [0, 0.05) is 11.3 Å². The predicted octanol–water partition coefficient (Wildman–Crippen LogP) is 6.00. The zero-order valence-corrected chi connectivity index (χ0v) is 19.3. The van der Waals surface area contributed by atoms with Crippen molar-refractivity contribution < 1.29 is 37.3 Å². The van der Waals surface area contributed by atoms with Crippen molar-refractivity contribution in [2.45, 2.75) is 32.4 Å². The molecule has 4 rings (SSSR count). The Bertz CT molecular complexity index is 1300. The number of carbonyl (C=O) groups is 2. The topological polar surface area (TPSA) is 76.1 Å². The van der Waals surface area contributed by atoms with Gasteiger partial charge in [-0.25, -0.2) is 0 Å². The molecule has 1 heterocycles. The molecule has 1 saturated heterocycles. The van der Waals surface area contributed by atoms with Crippen LogP contribution in [0.5, 0.6) is 11.5 Å². The Balaban J connectivity index is 1.82. The van der Waals surface area contributed by atoms with Gasteiger partial charge in [-0.1, -0.05) is 42.5 Å². The maximum absolute atomic E-state index is 13.2. The maximum Gasteiger partial charge on any atom is 0.573 e. The van der Waals surface area contributed by atoms with Gasteiger partial charge in [-0.3, -0.25) is 14.5 Å². The number of aliphatic hydroxyl groups is 1. The number of ketones is 1. The van der Waals surface area contributed by atoms with Gasteiger partial charge in [-0.15, -0.1) is 13.2 Å². The standard InChI is InChI=1S/C27H22F3NO5/c1-16(2)35-21-10-6-9-18(15-21)24(32)22-23(17-7-4-3-5-8-17)31(26(34)25(22)33)19-11-13-20(14-12-19)36-27(28,29)30/h3-16,23,32H,1-2H3/b24-22-. The van der Waals surface area contributed by atoms with Gasteiger partial charge < -0.3 is 14.6 Å². The molecule has 0 spiro atoms. The van der Waals surface area contributed by atoms with E-state index in [2.05, 4.69) is 4.74 Å². The highest BCUT2D eigenvalue weighted by atomic mass is 19.4. The summed E-state index contributed by atoms with van der Waals surface area (Å²) < 4.78 is 47.3. The number of aliphatic hydroxyl groups excluding tert-OH is 1. The number of amides is 1. The Morgan fingerprint density at radius 1 is 0.917 bits per heavy atom. The molecule has 1 unspecified atom stereocenters. The third-order valence-corrected chi connectivity index (χ3v) is 5.39. The van der Waals surface area contributed by atoms with E-state index in [9.17, 15) is 27.9 Å². The number of hydrogen-bond donors (Lipinski definition) is 1. The molecule has 1 fully saturated rings. The van der Waals surface area contributed by atoms with Crippen LogP contribution in [0.15, 0.2) is 84.4 Å². The van der Waals surface area contributed by atoms with Crippen LogP contribution in [0.3, 0.4) is 0 Å². The number of benzene rings is 3. The molecule has 0 aliphatic carbocycles. The Labute approximate surface area is 205 Å². The molecule has 36 heavy (non-hydrogen) atoms. The van der Waals surface area contributed by atoms with Crippen molar-refractivity contribution in [1.82, 2.24) is 0 Å². The first kappa shape index (κ1) is 24.8. The minimum atomic E-state index is -4.87. The zero-order chi connectivity index (χ0) is 26.0. The fourth-order valence-electron chi connectivity index (χ4n) is 4.00. The number of carbonyl (C=O) groups excluding carboxylic acids is 2. The molecule has 0 radical (unpaired) electrons. The quantitative estimate of drug-likeness (QED) is 0.257. The third-order valence-electron chi connectivity index (χ3n) is 5.39. The molecular formula is C27H22F3NO5. The largest absolute Gasteiger partial charge is 0.573 e. The number of hydrogen-bond acceptors (Lipinski definition) is 5. The molecule has 6 nitrogen and oxygen atoms in total. The highest BCUT2D eigenvalue weighted by Gasteiger charge is 2.47. The zero-order valence-electron chi connectivity index (χ0n) is 19.3. The summed E-state index contributed by atoms with van der Waals surface area (Å²) in [6.07, 6.45) is -5.00. The molecule has 3 aromatic rings. The molecule has 0 saturated carbocycles.